The van der Waals surface area contributed by atoms with Gasteiger partial charge in [0.1, 0.15) is 17.9 Å². The Balaban J connectivity index is 1.27. The number of hydrogen-bond donors (Lipinski definition) is 2. The Kier molecular flexibility index (Phi) is 4.42. The van der Waals surface area contributed by atoms with Gasteiger partial charge in [-0.15, -0.1) is 10.2 Å². The van der Waals surface area contributed by atoms with Gasteiger partial charge in [-0.2, -0.15) is 0 Å². The number of anilines is 1. The number of hydrogen-bond acceptors (Lipinski definition) is 5. The molecule has 0 radical (unpaired) electrons. The van der Waals surface area contributed by atoms with Gasteiger partial charge in [0.05, 0.1) is 30.2 Å². The van der Waals surface area contributed by atoms with Crippen molar-refractivity contribution in [1.82, 2.24) is 24.7 Å². The monoisotopic (exact) mass is 454 g/mol. The van der Waals surface area contributed by atoms with E-state index < -0.39 is 10.8 Å². The lowest BCUT2D eigenvalue weighted by Crippen LogP contribution is -2.55. The fourth-order valence-electron chi connectivity index (χ4n) is 5.92. The lowest BCUT2D eigenvalue weighted by atomic mass is 9.55. The largest absolute Gasteiger partial charge is 0.497 e. The summed E-state index contributed by atoms with van der Waals surface area (Å²) in [5.41, 5.74) is 3.35. The Hall–Kier alpha value is -3.94. The molecule has 34 heavy (non-hydrogen) atoms. The van der Waals surface area contributed by atoms with E-state index in [2.05, 4.69) is 55.2 Å². The molecule has 2 aromatic carbocycles. The molecule has 0 saturated heterocycles. The van der Waals surface area contributed by atoms with Gasteiger partial charge < -0.3 is 14.3 Å². The highest BCUT2D eigenvalue weighted by molar-refractivity contribution is 5.95. The predicted octanol–water partition coefficient (Wildman–Crippen LogP) is 3.86. The number of carbonyl (C=O) groups excluding carboxylic acids is 1. The summed E-state index contributed by atoms with van der Waals surface area (Å²) in [4.78, 5) is 21.4. The predicted molar refractivity (Wildman–Crippen MR) is 127 cm³/mol. The topological polar surface area (TPSA) is 97.7 Å². The summed E-state index contributed by atoms with van der Waals surface area (Å²) >= 11 is 0. The number of nitrogens with zero attached hydrogens (tertiary/aromatic N) is 4. The van der Waals surface area contributed by atoms with E-state index in [4.69, 9.17) is 4.74 Å². The van der Waals surface area contributed by atoms with Gasteiger partial charge in [0.25, 0.3) is 0 Å². The van der Waals surface area contributed by atoms with Crippen LogP contribution in [0.1, 0.15) is 54.5 Å². The van der Waals surface area contributed by atoms with Crippen molar-refractivity contribution in [3.63, 3.8) is 0 Å². The van der Waals surface area contributed by atoms with Gasteiger partial charge in [-0.3, -0.25) is 10.1 Å². The summed E-state index contributed by atoms with van der Waals surface area (Å²) in [5, 5.41) is 11.7. The normalized spacial score (nSPS) is 24.4. The van der Waals surface area contributed by atoms with Crippen LogP contribution in [-0.2, 0) is 16.6 Å². The number of aromatic nitrogens is 5. The number of fused-ring (bicyclic) bond motifs is 1. The highest BCUT2D eigenvalue weighted by Crippen LogP contribution is 2.60. The van der Waals surface area contributed by atoms with E-state index in [0.717, 1.165) is 28.4 Å². The number of imidazole rings is 1. The second kappa shape index (κ2) is 7.28. The molecule has 7 rings (SSSR count). The Morgan fingerprint density at radius 1 is 1.21 bits per heavy atom. The molecule has 0 spiro atoms. The molecular weight excluding hydrogens is 428 g/mol. The summed E-state index contributed by atoms with van der Waals surface area (Å²) in [6.45, 7) is 4.19. The number of carbonyl (C=O) groups is 1. The molecule has 2 aliphatic heterocycles. The lowest BCUT2D eigenvalue weighted by Gasteiger charge is -2.54. The summed E-state index contributed by atoms with van der Waals surface area (Å²) in [6.07, 6.45) is 4.84. The minimum Gasteiger partial charge on any atom is -0.497 e. The van der Waals surface area contributed by atoms with E-state index in [-0.39, 0.29) is 11.9 Å². The van der Waals surface area contributed by atoms with E-state index in [0.29, 0.717) is 18.8 Å². The number of H-pyrrole nitrogens is 1. The zero-order chi connectivity index (χ0) is 23.5. The zero-order valence-electron chi connectivity index (χ0n) is 19.4. The van der Waals surface area contributed by atoms with Crippen molar-refractivity contribution < 1.29 is 9.53 Å². The van der Waals surface area contributed by atoms with Crippen LogP contribution in [0.25, 0.3) is 0 Å². The molecule has 3 atom stereocenters. The number of aromatic amines is 1. The maximum absolute atomic E-state index is 13.8. The first kappa shape index (κ1) is 20.7. The molecule has 2 N–H and O–H groups in total. The quantitative estimate of drug-likeness (QED) is 0.477. The van der Waals surface area contributed by atoms with Crippen LogP contribution in [0, 0.1) is 5.41 Å². The van der Waals surface area contributed by atoms with Gasteiger partial charge in [0.2, 0.25) is 11.9 Å². The van der Waals surface area contributed by atoms with Crippen LogP contribution in [-0.4, -0.2) is 37.7 Å². The van der Waals surface area contributed by atoms with E-state index >= 15 is 0 Å². The van der Waals surface area contributed by atoms with E-state index in [9.17, 15) is 4.79 Å². The molecule has 0 fully saturated rings. The van der Waals surface area contributed by atoms with Gasteiger partial charge in [0.15, 0.2) is 0 Å². The smallest absolute Gasteiger partial charge is 0.235 e. The van der Waals surface area contributed by atoms with E-state index in [1.165, 1.54) is 5.56 Å². The average molecular weight is 455 g/mol. The van der Waals surface area contributed by atoms with Crippen molar-refractivity contribution in [3.8, 4) is 5.75 Å². The number of rotatable bonds is 5. The first-order valence-electron chi connectivity index (χ1n) is 11.4. The Morgan fingerprint density at radius 2 is 2.00 bits per heavy atom. The van der Waals surface area contributed by atoms with Crippen LogP contribution in [0.3, 0.4) is 0 Å². The van der Waals surface area contributed by atoms with Crippen molar-refractivity contribution in [2.24, 2.45) is 5.41 Å². The molecule has 172 valence electrons. The highest BCUT2D eigenvalue weighted by atomic mass is 16.5. The van der Waals surface area contributed by atoms with Crippen LogP contribution in [0.5, 0.6) is 5.75 Å². The minimum absolute atomic E-state index is 0.0667. The fraction of sp³-hybridized carbons (Fsp3) is 0.308. The third-order valence-corrected chi connectivity index (χ3v) is 7.45. The van der Waals surface area contributed by atoms with Crippen LogP contribution in [0.4, 0.5) is 5.95 Å². The molecular formula is C26H26N6O2. The molecule has 2 bridgehead atoms. The lowest BCUT2D eigenvalue weighted by molar-refractivity contribution is -0.129. The maximum Gasteiger partial charge on any atom is 0.235 e. The number of amides is 1. The van der Waals surface area contributed by atoms with Crippen LogP contribution >= 0.6 is 0 Å². The first-order chi connectivity index (χ1) is 16.4. The summed E-state index contributed by atoms with van der Waals surface area (Å²) in [5.74, 6) is 2.13. The van der Waals surface area contributed by atoms with Gasteiger partial charge in [0, 0.05) is 12.1 Å². The summed E-state index contributed by atoms with van der Waals surface area (Å²) in [7, 11) is 1.65. The van der Waals surface area contributed by atoms with Gasteiger partial charge in [-0.1, -0.05) is 36.4 Å². The number of nitrogens with one attached hydrogen (secondary N) is 2. The molecule has 1 aliphatic carbocycles. The summed E-state index contributed by atoms with van der Waals surface area (Å²) < 4.78 is 7.30. The third-order valence-electron chi connectivity index (χ3n) is 7.45. The molecule has 8 nitrogen and oxygen atoms in total. The SMILES string of the molecule is COc1ccc(Cc2cnc(NC(=O)C3(C)CC4(C)c5ccccc5C3n3cnnc34)[nH]2)cc1. The van der Waals surface area contributed by atoms with Crippen molar-refractivity contribution in [3.05, 3.63) is 89.3 Å². The molecule has 8 heteroatoms. The van der Waals surface area contributed by atoms with Gasteiger partial charge in [-0.05, 0) is 49.1 Å². The third kappa shape index (κ3) is 2.91. The zero-order valence-corrected chi connectivity index (χ0v) is 19.4. The Labute approximate surface area is 197 Å². The molecule has 1 amide bonds. The number of benzene rings is 2. The molecule has 0 saturated carbocycles. The van der Waals surface area contributed by atoms with E-state index in [1.807, 2.05) is 37.3 Å². The average Bonchev–Trinajstić information content (AvgIpc) is 3.50. The van der Waals surface area contributed by atoms with Crippen LogP contribution in [0.15, 0.2) is 61.1 Å². The molecule has 4 aromatic rings. The van der Waals surface area contributed by atoms with E-state index in [1.54, 1.807) is 19.6 Å². The standard InChI is InChI=1S/C26H26N6O2/c1-25-14-26(2,21(32-15-28-31-22(25)32)19-6-4-5-7-20(19)25)23(33)30-24-27-13-17(29-24)12-16-8-10-18(34-3)11-9-16/h4-11,13,15,21H,12,14H2,1-3H3,(H2,27,29,30,33). The Morgan fingerprint density at radius 3 is 2.79 bits per heavy atom. The van der Waals surface area contributed by atoms with Crippen molar-refractivity contribution in [2.45, 2.75) is 38.1 Å². The van der Waals surface area contributed by atoms with Gasteiger partial charge >= 0.3 is 0 Å². The van der Waals surface area contributed by atoms with Gasteiger partial charge in [-0.25, -0.2) is 4.98 Å². The molecule has 2 aromatic heterocycles. The number of ether oxygens (including phenoxy) is 1. The van der Waals surface area contributed by atoms with Crippen molar-refractivity contribution in [2.75, 3.05) is 12.4 Å². The molecule has 3 unspecified atom stereocenters. The maximum atomic E-state index is 13.8. The minimum atomic E-state index is -0.693. The molecule has 3 aliphatic rings. The van der Waals surface area contributed by atoms with Crippen LogP contribution in [0.2, 0.25) is 0 Å². The van der Waals surface area contributed by atoms with Crippen molar-refractivity contribution in [1.29, 1.82) is 0 Å². The Bertz CT molecular complexity index is 1390. The second-order valence-electron chi connectivity index (χ2n) is 9.71. The summed E-state index contributed by atoms with van der Waals surface area (Å²) in [6, 6.07) is 16.1. The van der Waals surface area contributed by atoms with Crippen molar-refractivity contribution >= 4 is 11.9 Å². The number of methoxy groups -OCH3 is 1. The molecule has 4 heterocycles. The van der Waals surface area contributed by atoms with Crippen LogP contribution < -0.4 is 10.1 Å². The fourth-order valence-corrected chi connectivity index (χ4v) is 5.92. The highest BCUT2D eigenvalue weighted by Gasteiger charge is 2.60. The first-order valence-corrected chi connectivity index (χ1v) is 11.4. The second-order valence-corrected chi connectivity index (χ2v) is 9.71.